The third-order valence-corrected chi connectivity index (χ3v) is 6.77. The summed E-state index contributed by atoms with van der Waals surface area (Å²) >= 11 is 0. The van der Waals surface area contributed by atoms with Gasteiger partial charge in [-0.2, -0.15) is 22.0 Å². The van der Waals surface area contributed by atoms with E-state index in [-0.39, 0.29) is 19.4 Å². The smallest absolute Gasteiger partial charge is 0.456 e. The molecule has 0 amide bonds. The summed E-state index contributed by atoms with van der Waals surface area (Å²) in [5, 5.41) is 0. The number of esters is 2. The lowest BCUT2D eigenvalue weighted by Crippen LogP contribution is -2.46. The van der Waals surface area contributed by atoms with Crippen molar-refractivity contribution in [3.05, 3.63) is 0 Å². The SMILES string of the molecule is CCCCCCCCCCCCCCCCCOC(=O)C(CC)(CC)C(=O)OCC(F)(F)C(F)(F)F. The molecule has 0 spiro atoms. The molecule has 0 aromatic rings. The molecule has 0 rings (SSSR count). The first-order valence-corrected chi connectivity index (χ1v) is 13.8. The Kier molecular flexibility index (Phi) is 18.0. The summed E-state index contributed by atoms with van der Waals surface area (Å²) in [5.74, 6) is -7.55. The number of hydrogen-bond donors (Lipinski definition) is 0. The molecule has 0 aliphatic carbocycles. The van der Waals surface area contributed by atoms with Gasteiger partial charge in [-0.1, -0.05) is 111 Å². The van der Waals surface area contributed by atoms with Gasteiger partial charge >= 0.3 is 24.0 Å². The Labute approximate surface area is 214 Å². The Balaban J connectivity index is 4.05. The van der Waals surface area contributed by atoms with E-state index in [2.05, 4.69) is 11.7 Å². The first-order valence-electron chi connectivity index (χ1n) is 13.8. The minimum absolute atomic E-state index is 0.0603. The maximum absolute atomic E-state index is 13.1. The standard InChI is InChI=1S/C27H47F5O4/c1-4-7-8-9-10-11-12-13-14-15-16-17-18-19-20-21-35-23(33)25(5-2,6-3)24(34)36-22-26(28,29)27(30,31)32/h4-22H2,1-3H3. The van der Waals surface area contributed by atoms with E-state index < -0.39 is 36.1 Å². The number of carbonyl (C=O) groups excluding carboxylic acids is 2. The first-order chi connectivity index (χ1) is 17.0. The molecule has 0 aromatic carbocycles. The monoisotopic (exact) mass is 530 g/mol. The number of halogens is 5. The number of ether oxygens (including phenoxy) is 2. The second-order valence-electron chi connectivity index (χ2n) is 9.65. The third-order valence-electron chi connectivity index (χ3n) is 6.77. The molecular weight excluding hydrogens is 483 g/mol. The average Bonchev–Trinajstić information content (AvgIpc) is 2.83. The maximum Gasteiger partial charge on any atom is 0.456 e. The quantitative estimate of drug-likeness (QED) is 0.0607. The zero-order chi connectivity index (χ0) is 27.5. The van der Waals surface area contributed by atoms with Crippen LogP contribution in [0.15, 0.2) is 0 Å². The van der Waals surface area contributed by atoms with Crippen LogP contribution < -0.4 is 0 Å². The molecule has 0 bridgehead atoms. The molecule has 0 heterocycles. The first kappa shape index (κ1) is 34.6. The van der Waals surface area contributed by atoms with Gasteiger partial charge in [0.25, 0.3) is 0 Å². The number of carbonyl (C=O) groups is 2. The molecule has 0 aliphatic heterocycles. The van der Waals surface area contributed by atoms with Crippen LogP contribution in [0.3, 0.4) is 0 Å². The van der Waals surface area contributed by atoms with Crippen molar-refractivity contribution < 1.29 is 41.0 Å². The van der Waals surface area contributed by atoms with Crippen LogP contribution in [-0.2, 0) is 19.1 Å². The lowest BCUT2D eigenvalue weighted by atomic mass is 9.82. The second kappa shape index (κ2) is 18.8. The lowest BCUT2D eigenvalue weighted by molar-refractivity contribution is -0.295. The largest absolute Gasteiger partial charge is 0.465 e. The van der Waals surface area contributed by atoms with Crippen molar-refractivity contribution in [3.8, 4) is 0 Å². The molecule has 214 valence electrons. The normalized spacial score (nSPS) is 12.6. The molecule has 0 aliphatic rings. The Morgan fingerprint density at radius 1 is 0.556 bits per heavy atom. The van der Waals surface area contributed by atoms with Crippen LogP contribution in [0.2, 0.25) is 0 Å². The fourth-order valence-corrected chi connectivity index (χ4v) is 4.06. The molecular formula is C27H47F5O4. The van der Waals surface area contributed by atoms with Gasteiger partial charge in [-0.15, -0.1) is 0 Å². The molecule has 9 heteroatoms. The van der Waals surface area contributed by atoms with Gasteiger partial charge in [0.2, 0.25) is 0 Å². The van der Waals surface area contributed by atoms with E-state index in [4.69, 9.17) is 4.74 Å². The highest BCUT2D eigenvalue weighted by Crippen LogP contribution is 2.37. The van der Waals surface area contributed by atoms with Crippen molar-refractivity contribution in [2.75, 3.05) is 13.2 Å². The zero-order valence-electron chi connectivity index (χ0n) is 22.5. The van der Waals surface area contributed by atoms with Gasteiger partial charge < -0.3 is 9.47 Å². The van der Waals surface area contributed by atoms with E-state index >= 15 is 0 Å². The Bertz CT molecular complexity index is 589. The minimum atomic E-state index is -5.84. The van der Waals surface area contributed by atoms with Crippen LogP contribution >= 0.6 is 0 Å². The molecule has 0 fully saturated rings. The van der Waals surface area contributed by atoms with Crippen molar-refractivity contribution in [1.29, 1.82) is 0 Å². The number of hydrogen-bond acceptors (Lipinski definition) is 4. The van der Waals surface area contributed by atoms with Crippen molar-refractivity contribution in [1.82, 2.24) is 0 Å². The number of alkyl halides is 5. The van der Waals surface area contributed by atoms with E-state index in [1.54, 1.807) is 0 Å². The molecule has 0 aromatic heterocycles. The van der Waals surface area contributed by atoms with Crippen LogP contribution in [0.4, 0.5) is 22.0 Å². The maximum atomic E-state index is 13.1. The van der Waals surface area contributed by atoms with Crippen molar-refractivity contribution in [2.45, 2.75) is 142 Å². The average molecular weight is 531 g/mol. The summed E-state index contributed by atoms with van der Waals surface area (Å²) in [5.41, 5.74) is -1.89. The van der Waals surface area contributed by atoms with Crippen LogP contribution in [-0.4, -0.2) is 37.3 Å². The highest BCUT2D eigenvalue weighted by Gasteiger charge is 2.59. The highest BCUT2D eigenvalue weighted by molar-refractivity contribution is 6.00. The van der Waals surface area contributed by atoms with Crippen LogP contribution in [0.5, 0.6) is 0 Å². The van der Waals surface area contributed by atoms with Crippen LogP contribution in [0.25, 0.3) is 0 Å². The van der Waals surface area contributed by atoms with Gasteiger partial charge in [-0.05, 0) is 19.3 Å². The fourth-order valence-electron chi connectivity index (χ4n) is 4.06. The van der Waals surface area contributed by atoms with Crippen molar-refractivity contribution >= 4 is 11.9 Å². The Hall–Kier alpha value is -1.41. The summed E-state index contributed by atoms with van der Waals surface area (Å²) in [6.07, 6.45) is 11.7. The van der Waals surface area contributed by atoms with Gasteiger partial charge in [0.05, 0.1) is 6.61 Å². The van der Waals surface area contributed by atoms with Gasteiger partial charge in [0, 0.05) is 0 Å². The van der Waals surface area contributed by atoms with Gasteiger partial charge in [0.15, 0.2) is 12.0 Å². The highest BCUT2D eigenvalue weighted by atomic mass is 19.4. The lowest BCUT2D eigenvalue weighted by Gasteiger charge is -2.28. The summed E-state index contributed by atoms with van der Waals surface area (Å²) in [7, 11) is 0. The molecule has 0 saturated heterocycles. The minimum Gasteiger partial charge on any atom is -0.465 e. The van der Waals surface area contributed by atoms with E-state index in [0.29, 0.717) is 6.42 Å². The van der Waals surface area contributed by atoms with E-state index in [1.807, 2.05) is 0 Å². The van der Waals surface area contributed by atoms with Crippen LogP contribution in [0.1, 0.15) is 130 Å². The van der Waals surface area contributed by atoms with E-state index in [0.717, 1.165) is 19.3 Å². The Morgan fingerprint density at radius 2 is 0.917 bits per heavy atom. The third kappa shape index (κ3) is 13.2. The summed E-state index contributed by atoms with van der Waals surface area (Å²) < 4.78 is 72.5. The molecule has 0 saturated carbocycles. The summed E-state index contributed by atoms with van der Waals surface area (Å²) in [6.45, 7) is 3.04. The number of unbranched alkanes of at least 4 members (excludes halogenated alkanes) is 14. The molecule has 0 N–H and O–H groups in total. The Morgan fingerprint density at radius 3 is 1.28 bits per heavy atom. The number of rotatable bonds is 22. The molecule has 0 radical (unpaired) electrons. The van der Waals surface area contributed by atoms with Gasteiger partial charge in [-0.25, -0.2) is 0 Å². The molecule has 0 atom stereocenters. The molecule has 4 nitrogen and oxygen atoms in total. The van der Waals surface area contributed by atoms with Gasteiger partial charge in [-0.3, -0.25) is 9.59 Å². The van der Waals surface area contributed by atoms with E-state index in [9.17, 15) is 31.5 Å². The fraction of sp³-hybridized carbons (Fsp3) is 0.926. The van der Waals surface area contributed by atoms with Crippen LogP contribution in [0, 0.1) is 5.41 Å². The molecule has 0 unspecified atom stereocenters. The van der Waals surface area contributed by atoms with Gasteiger partial charge in [0.1, 0.15) is 0 Å². The topological polar surface area (TPSA) is 52.6 Å². The predicted molar refractivity (Wildman–Crippen MR) is 131 cm³/mol. The van der Waals surface area contributed by atoms with E-state index in [1.165, 1.54) is 84.5 Å². The second-order valence-corrected chi connectivity index (χ2v) is 9.65. The molecule has 36 heavy (non-hydrogen) atoms. The summed E-state index contributed by atoms with van der Waals surface area (Å²) in [4.78, 5) is 24.8. The predicted octanol–water partition coefficient (Wildman–Crippen LogP) is 8.95. The summed E-state index contributed by atoms with van der Waals surface area (Å²) in [6, 6.07) is 0. The van der Waals surface area contributed by atoms with Crippen molar-refractivity contribution in [3.63, 3.8) is 0 Å². The zero-order valence-corrected chi connectivity index (χ0v) is 22.5. The van der Waals surface area contributed by atoms with Crippen molar-refractivity contribution in [2.24, 2.45) is 5.41 Å².